The molecule has 148 valence electrons. The fraction of sp³-hybridized carbons (Fsp3) is 0.263. The Morgan fingerprint density at radius 1 is 1.11 bits per heavy atom. The van der Waals surface area contributed by atoms with Crippen molar-refractivity contribution < 1.29 is 22.7 Å². The van der Waals surface area contributed by atoms with Gasteiger partial charge in [0.15, 0.2) is 5.69 Å². The van der Waals surface area contributed by atoms with E-state index in [0.717, 1.165) is 10.00 Å². The highest BCUT2D eigenvalue weighted by Gasteiger charge is 2.17. The lowest BCUT2D eigenvalue weighted by atomic mass is 10.3. The van der Waals surface area contributed by atoms with E-state index in [0.29, 0.717) is 11.4 Å². The Labute approximate surface area is 163 Å². The number of rotatable bonds is 7. The Balaban J connectivity index is 1.52. The number of pyridine rings is 1. The molecule has 0 aliphatic rings. The first-order chi connectivity index (χ1) is 13.3. The normalized spacial score (nSPS) is 11.7. The van der Waals surface area contributed by atoms with E-state index in [1.54, 1.807) is 18.3 Å². The fourth-order valence-corrected chi connectivity index (χ4v) is 3.43. The highest BCUT2D eigenvalue weighted by Crippen LogP contribution is 2.18. The quantitative estimate of drug-likeness (QED) is 0.443. The monoisotopic (exact) mass is 403 g/mol. The van der Waals surface area contributed by atoms with Crippen LogP contribution in [0.5, 0.6) is 5.75 Å². The van der Waals surface area contributed by atoms with Gasteiger partial charge in [0.25, 0.3) is 0 Å². The van der Waals surface area contributed by atoms with E-state index in [4.69, 9.17) is 9.47 Å². The summed E-state index contributed by atoms with van der Waals surface area (Å²) in [6, 6.07) is 11.7. The van der Waals surface area contributed by atoms with Gasteiger partial charge < -0.3 is 13.9 Å². The van der Waals surface area contributed by atoms with Crippen LogP contribution in [0.3, 0.4) is 0 Å². The van der Waals surface area contributed by atoms with E-state index < -0.39 is 16.0 Å². The number of carbonyl (C=O) groups excluding carboxylic acids is 1. The Hall–Kier alpha value is -2.91. The third kappa shape index (κ3) is 4.15. The number of fused-ring (bicyclic) bond motifs is 1. The predicted molar refractivity (Wildman–Crippen MR) is 103 cm³/mol. The van der Waals surface area contributed by atoms with Crippen LogP contribution in [-0.2, 0) is 14.8 Å². The molecule has 0 N–H and O–H groups in total. The smallest absolute Gasteiger partial charge is 0.358 e. The molecule has 8 nitrogen and oxygen atoms in total. The Bertz CT molecular complexity index is 1090. The van der Waals surface area contributed by atoms with Crippen LogP contribution in [0.15, 0.2) is 53.6 Å². The number of nitrogens with zero attached hydrogens (tertiary/aromatic N) is 3. The van der Waals surface area contributed by atoms with Crippen molar-refractivity contribution >= 4 is 21.6 Å². The fourth-order valence-electron chi connectivity index (χ4n) is 2.53. The summed E-state index contributed by atoms with van der Waals surface area (Å²) in [7, 11) is -0.534. The summed E-state index contributed by atoms with van der Waals surface area (Å²) >= 11 is 0. The third-order valence-electron chi connectivity index (χ3n) is 4.09. The minimum absolute atomic E-state index is 0.0451. The first kappa shape index (κ1) is 19.8. The van der Waals surface area contributed by atoms with Crippen LogP contribution in [0.2, 0.25) is 0 Å². The second kappa shape index (κ2) is 7.99. The van der Waals surface area contributed by atoms with Gasteiger partial charge in [0.05, 0.1) is 4.90 Å². The number of sulfonamides is 1. The van der Waals surface area contributed by atoms with Gasteiger partial charge in [0.1, 0.15) is 24.6 Å². The summed E-state index contributed by atoms with van der Waals surface area (Å²) in [6.07, 6.45) is 1.64. The minimum atomic E-state index is -3.48. The molecule has 28 heavy (non-hydrogen) atoms. The predicted octanol–water partition coefficient (Wildman–Crippen LogP) is 2.13. The molecule has 0 bridgehead atoms. The van der Waals surface area contributed by atoms with Gasteiger partial charge in [0.2, 0.25) is 10.0 Å². The molecule has 9 heteroatoms. The molecule has 0 aliphatic heterocycles. The Morgan fingerprint density at radius 2 is 1.82 bits per heavy atom. The van der Waals surface area contributed by atoms with Crippen molar-refractivity contribution in [1.29, 1.82) is 0 Å². The summed E-state index contributed by atoms with van der Waals surface area (Å²) in [6.45, 7) is 2.11. The number of imidazole rings is 1. The van der Waals surface area contributed by atoms with E-state index in [1.807, 2.05) is 29.5 Å². The van der Waals surface area contributed by atoms with Crippen LogP contribution in [0, 0.1) is 6.92 Å². The lowest BCUT2D eigenvalue weighted by Gasteiger charge is -2.12. The maximum absolute atomic E-state index is 12.1. The van der Waals surface area contributed by atoms with Gasteiger partial charge in [-0.05, 0) is 43.3 Å². The summed E-state index contributed by atoms with van der Waals surface area (Å²) in [5.41, 5.74) is 1.87. The van der Waals surface area contributed by atoms with Crippen molar-refractivity contribution in [2.45, 2.75) is 11.8 Å². The molecule has 0 atom stereocenters. The largest absolute Gasteiger partial charge is 0.490 e. The summed E-state index contributed by atoms with van der Waals surface area (Å²) in [4.78, 5) is 16.6. The summed E-state index contributed by atoms with van der Waals surface area (Å²) in [5.74, 6) is -0.0452. The van der Waals surface area contributed by atoms with Crippen molar-refractivity contribution in [3.8, 4) is 5.75 Å². The van der Waals surface area contributed by atoms with Crippen LogP contribution in [-0.4, -0.2) is 55.4 Å². The molecule has 0 aliphatic carbocycles. The van der Waals surface area contributed by atoms with Crippen LogP contribution < -0.4 is 4.74 Å². The molecule has 0 spiro atoms. The highest BCUT2D eigenvalue weighted by atomic mass is 32.2. The number of hydrogen-bond acceptors (Lipinski definition) is 6. The third-order valence-corrected chi connectivity index (χ3v) is 5.92. The van der Waals surface area contributed by atoms with E-state index in [9.17, 15) is 13.2 Å². The van der Waals surface area contributed by atoms with Crippen LogP contribution >= 0.6 is 0 Å². The van der Waals surface area contributed by atoms with E-state index in [1.165, 1.54) is 26.2 Å². The number of esters is 1. The standard InChI is InChI=1S/C19H21N3O5S/c1-14-5-4-6-18-20-17(13-22(14)18)19(23)27-12-11-26-15-7-9-16(10-8-15)28(24,25)21(2)3/h4-10,13H,11-12H2,1-3H3. The zero-order valence-electron chi connectivity index (χ0n) is 15.8. The minimum Gasteiger partial charge on any atom is -0.490 e. The molecule has 3 rings (SSSR count). The van der Waals surface area contributed by atoms with Crippen molar-refractivity contribution in [1.82, 2.24) is 13.7 Å². The molecule has 1 aromatic carbocycles. The Kier molecular flexibility index (Phi) is 5.66. The lowest BCUT2D eigenvalue weighted by molar-refractivity contribution is 0.0444. The van der Waals surface area contributed by atoms with Crippen molar-refractivity contribution in [3.05, 3.63) is 60.0 Å². The van der Waals surface area contributed by atoms with Gasteiger partial charge in [-0.25, -0.2) is 22.5 Å². The molecule has 2 aromatic heterocycles. The second-order valence-corrected chi connectivity index (χ2v) is 8.42. The second-order valence-electron chi connectivity index (χ2n) is 6.26. The van der Waals surface area contributed by atoms with Crippen LogP contribution in [0.25, 0.3) is 5.65 Å². The topological polar surface area (TPSA) is 90.2 Å². The van der Waals surface area contributed by atoms with Gasteiger partial charge in [-0.2, -0.15) is 0 Å². The number of aryl methyl sites for hydroxylation is 1. The van der Waals surface area contributed by atoms with Gasteiger partial charge in [-0.1, -0.05) is 6.07 Å². The number of aromatic nitrogens is 2. The molecular formula is C19H21N3O5S. The molecule has 0 saturated heterocycles. The molecule has 2 heterocycles. The van der Waals surface area contributed by atoms with Crippen molar-refractivity contribution in [2.24, 2.45) is 0 Å². The van der Waals surface area contributed by atoms with E-state index >= 15 is 0 Å². The average Bonchev–Trinajstić information content (AvgIpc) is 3.11. The first-order valence-electron chi connectivity index (χ1n) is 8.56. The summed E-state index contributed by atoms with van der Waals surface area (Å²) in [5, 5.41) is 0. The molecular weight excluding hydrogens is 382 g/mol. The Morgan fingerprint density at radius 3 is 2.46 bits per heavy atom. The van der Waals surface area contributed by atoms with Crippen LogP contribution in [0.4, 0.5) is 0 Å². The molecule has 0 radical (unpaired) electrons. The van der Waals surface area contributed by atoms with Crippen molar-refractivity contribution in [3.63, 3.8) is 0 Å². The zero-order chi connectivity index (χ0) is 20.3. The molecule has 0 unspecified atom stereocenters. The average molecular weight is 403 g/mol. The van der Waals surface area contributed by atoms with Crippen molar-refractivity contribution in [2.75, 3.05) is 27.3 Å². The number of benzene rings is 1. The van der Waals surface area contributed by atoms with E-state index in [2.05, 4.69) is 4.98 Å². The molecule has 0 fully saturated rings. The van der Waals surface area contributed by atoms with Gasteiger partial charge in [0, 0.05) is 26.0 Å². The maximum atomic E-state index is 12.1. The first-order valence-corrected chi connectivity index (χ1v) is 10.0. The van der Waals surface area contributed by atoms with Gasteiger partial charge in [-0.15, -0.1) is 0 Å². The number of ether oxygens (including phenoxy) is 2. The van der Waals surface area contributed by atoms with E-state index in [-0.39, 0.29) is 23.8 Å². The SMILES string of the molecule is Cc1cccc2nc(C(=O)OCCOc3ccc(S(=O)(=O)N(C)C)cc3)cn12. The molecule has 3 aromatic rings. The number of hydrogen-bond donors (Lipinski definition) is 0. The summed E-state index contributed by atoms with van der Waals surface area (Å²) < 4.78 is 37.7. The lowest BCUT2D eigenvalue weighted by Crippen LogP contribution is -2.22. The van der Waals surface area contributed by atoms with Gasteiger partial charge >= 0.3 is 5.97 Å². The maximum Gasteiger partial charge on any atom is 0.358 e. The molecule has 0 amide bonds. The van der Waals surface area contributed by atoms with Gasteiger partial charge in [-0.3, -0.25) is 0 Å². The van der Waals surface area contributed by atoms with Crippen LogP contribution in [0.1, 0.15) is 16.2 Å². The number of carbonyl (C=O) groups is 1. The molecule has 0 saturated carbocycles. The highest BCUT2D eigenvalue weighted by molar-refractivity contribution is 7.89. The zero-order valence-corrected chi connectivity index (χ0v) is 16.6.